The second-order valence-corrected chi connectivity index (χ2v) is 28.2. The summed E-state index contributed by atoms with van der Waals surface area (Å²) in [6, 6.07) is -0.630. The van der Waals surface area contributed by atoms with Crippen molar-refractivity contribution in [2.45, 2.75) is 165 Å². The molecule has 0 saturated carbocycles. The third-order valence-electron chi connectivity index (χ3n) is 16.7. The number of phenols is 3. The number of ether oxygens (including phenoxy) is 5. The zero-order chi connectivity index (χ0) is 75.0. The molecule has 1 fully saturated rings. The summed E-state index contributed by atoms with van der Waals surface area (Å²) in [5, 5.41) is 120. The van der Waals surface area contributed by atoms with Gasteiger partial charge in [0, 0.05) is 29.8 Å². The number of halogens is 2. The molecule has 34 heteroatoms. The maximum atomic E-state index is 16.0. The highest BCUT2D eigenvalue weighted by Gasteiger charge is 2.47. The lowest BCUT2D eigenvalue weighted by Gasteiger charge is -2.39. The average molecular weight is 1460 g/mol. The van der Waals surface area contributed by atoms with Gasteiger partial charge in [0.25, 0.3) is 0 Å². The van der Waals surface area contributed by atoms with Crippen molar-refractivity contribution in [3.05, 3.63) is 117 Å². The Hall–Kier alpha value is -9.77. The first-order valence-corrected chi connectivity index (χ1v) is 32.7. The molecular formula is C68H79Cl2N9O23. The zero-order valence-corrected chi connectivity index (χ0v) is 57.8. The van der Waals surface area contributed by atoms with E-state index in [2.05, 4.69) is 37.2 Å². The lowest BCUT2D eigenvalue weighted by Crippen LogP contribution is -2.60. The molecule has 5 aromatic rings. The van der Waals surface area contributed by atoms with Crippen LogP contribution in [0.1, 0.15) is 126 Å². The number of phenolic OH excluding ortho intramolecular Hbond substituents is 3. The number of rotatable bonds is 11. The Balaban J connectivity index is 1.30. The molecule has 32 nitrogen and oxygen atoms in total. The van der Waals surface area contributed by atoms with Crippen LogP contribution in [0.5, 0.6) is 46.0 Å². The Morgan fingerprint density at radius 1 is 0.657 bits per heavy atom. The quantitative estimate of drug-likeness (QED) is 0.0902. The molecule has 102 heavy (non-hydrogen) atoms. The fourth-order valence-corrected chi connectivity index (χ4v) is 12.2. The van der Waals surface area contributed by atoms with Gasteiger partial charge in [-0.15, -0.1) is 0 Å². The number of fused-ring (bicyclic) bond motifs is 15. The van der Waals surface area contributed by atoms with Crippen molar-refractivity contribution >= 4 is 76.6 Å². The number of carbonyl (C=O) groups is 9. The summed E-state index contributed by atoms with van der Waals surface area (Å²) in [6.07, 6.45) is -16.4. The molecule has 18 N–H and O–H groups in total. The van der Waals surface area contributed by atoms with E-state index in [4.69, 9.17) is 52.6 Å². The van der Waals surface area contributed by atoms with Gasteiger partial charge in [-0.05, 0) is 136 Å². The van der Waals surface area contributed by atoms with Gasteiger partial charge in [0.1, 0.15) is 113 Å². The van der Waals surface area contributed by atoms with Crippen LogP contribution in [0, 0.1) is 5.92 Å². The number of nitrogens with two attached hydrogens (primary N) is 1. The molecule has 1 saturated heterocycles. The summed E-state index contributed by atoms with van der Waals surface area (Å²) < 4.78 is 30.6. The first-order chi connectivity index (χ1) is 47.7. The highest BCUT2D eigenvalue weighted by Crippen LogP contribution is 2.49. The van der Waals surface area contributed by atoms with Gasteiger partial charge < -0.3 is 113 Å². The minimum absolute atomic E-state index is 0.0517. The monoisotopic (exact) mass is 1460 g/mol. The predicted molar refractivity (Wildman–Crippen MR) is 358 cm³/mol. The van der Waals surface area contributed by atoms with Gasteiger partial charge in [-0.2, -0.15) is 0 Å². The van der Waals surface area contributed by atoms with Crippen LogP contribution in [-0.2, 0) is 47.8 Å². The number of hydrogen-bond donors (Lipinski definition) is 17. The van der Waals surface area contributed by atoms with Crippen LogP contribution in [-0.4, -0.2) is 184 Å². The normalized spacial score (nSPS) is 24.9. The number of amides is 9. The van der Waals surface area contributed by atoms with Crippen LogP contribution >= 0.6 is 23.2 Å². The molecule has 0 unspecified atom stereocenters. The first kappa shape index (κ1) is 76.4. The Labute approximate surface area is 592 Å². The number of hydrogen-bond acceptors (Lipinski definition) is 23. The maximum Gasteiger partial charge on any atom is 0.410 e. The molecular weight excluding hydrogens is 1380 g/mol. The second kappa shape index (κ2) is 30.4. The molecule has 0 aliphatic carbocycles. The third kappa shape index (κ3) is 17.1. The summed E-state index contributed by atoms with van der Waals surface area (Å²) in [5.41, 5.74) is 1.24. The smallest absolute Gasteiger partial charge is 0.410 e. The number of benzene rings is 5. The van der Waals surface area contributed by atoms with Gasteiger partial charge in [0.2, 0.25) is 59.3 Å². The number of primary amides is 1. The Morgan fingerprint density at radius 2 is 1.24 bits per heavy atom. The summed E-state index contributed by atoms with van der Waals surface area (Å²) in [7, 11) is 1.27. The molecule has 9 amide bonds. The van der Waals surface area contributed by atoms with E-state index in [1.54, 1.807) is 55.4 Å². The molecule has 0 radical (unpaired) electrons. The van der Waals surface area contributed by atoms with Crippen LogP contribution in [0.2, 0.25) is 10.0 Å². The van der Waals surface area contributed by atoms with Gasteiger partial charge in [-0.3, -0.25) is 43.3 Å². The number of aliphatic hydroxyl groups excluding tert-OH is 6. The lowest BCUT2D eigenvalue weighted by atomic mass is 9.89. The molecule has 5 aromatic carbocycles. The van der Waals surface area contributed by atoms with Crippen molar-refractivity contribution < 1.29 is 113 Å². The van der Waals surface area contributed by atoms with Crippen LogP contribution in [0.15, 0.2) is 78.9 Å². The van der Waals surface area contributed by atoms with Gasteiger partial charge in [0.05, 0.1) is 23.1 Å². The Kier molecular flexibility index (Phi) is 22.8. The van der Waals surface area contributed by atoms with Crippen molar-refractivity contribution in [2.75, 3.05) is 13.7 Å². The molecule has 14 atom stereocenters. The summed E-state index contributed by atoms with van der Waals surface area (Å²) in [6.45, 7) is 12.1. The summed E-state index contributed by atoms with van der Waals surface area (Å²) >= 11 is 14.0. The van der Waals surface area contributed by atoms with E-state index in [1.165, 1.54) is 19.2 Å². The molecule has 11 bridgehead atoms. The van der Waals surface area contributed by atoms with Crippen LogP contribution in [0.4, 0.5) is 4.79 Å². The molecule has 6 aliphatic rings. The standard InChI is InChI=1S/C68H79Cl2N9O23/c1-26(2)16-37(79(9)66(97)102-68(6,7)8)59(91)76-50-52(85)28-11-14-40(34(69)18-28)98-42-20-30-21-43(57(42)101-65-56(89)55(88)54(87)44(25-80)100-65)99-41-15-12-29(19-35(41)70)53(86)51-63(95)75-49(64(96)78-67(3,4)5)33-22-31(81)23-39(83)46(33)32-17-27(10-13-38(32)82)47(60(92)77-51)74-61(93)48(30)73-58(90)36(24-45(71)84)72-62(50)94/h10-15,17-23,26,36-37,44,47-56,65,80-83,85-89H,16,24-25H2,1-9H3,(H2,71,84)(H,72,94)(H,73,90)(H,74,93)(H,75,95)(H,76,91)(H,77,92)(H,78,96)/t36-,37+,44+,47+,48+,49-,50+,51-,52+,53+,54+,55-,56+,65-/m0/s1. The summed E-state index contributed by atoms with van der Waals surface area (Å²) in [5.74, 6) is -15.4. The molecule has 548 valence electrons. The summed E-state index contributed by atoms with van der Waals surface area (Å²) in [4.78, 5) is 134. The molecule has 11 rings (SSSR count). The molecule has 6 aliphatic heterocycles. The minimum Gasteiger partial charge on any atom is -0.508 e. The van der Waals surface area contributed by atoms with Crippen molar-refractivity contribution in [2.24, 2.45) is 11.7 Å². The van der Waals surface area contributed by atoms with E-state index in [-0.39, 0.29) is 51.7 Å². The predicted octanol–water partition coefficient (Wildman–Crippen LogP) is 2.35. The first-order valence-electron chi connectivity index (χ1n) is 32.0. The number of aromatic hydroxyl groups is 3. The van der Waals surface area contributed by atoms with E-state index >= 15 is 24.0 Å². The van der Waals surface area contributed by atoms with Gasteiger partial charge in [-0.25, -0.2) is 4.79 Å². The Morgan fingerprint density at radius 3 is 1.80 bits per heavy atom. The van der Waals surface area contributed by atoms with Gasteiger partial charge in [-0.1, -0.05) is 55.2 Å². The van der Waals surface area contributed by atoms with E-state index in [1.807, 2.05) is 0 Å². The molecule has 6 heterocycles. The van der Waals surface area contributed by atoms with Crippen LogP contribution < -0.4 is 57.2 Å². The van der Waals surface area contributed by atoms with Crippen molar-refractivity contribution in [1.29, 1.82) is 0 Å². The lowest BCUT2D eigenvalue weighted by molar-refractivity contribution is -0.277. The van der Waals surface area contributed by atoms with Crippen molar-refractivity contribution in [1.82, 2.24) is 42.1 Å². The van der Waals surface area contributed by atoms with Gasteiger partial charge >= 0.3 is 6.09 Å². The van der Waals surface area contributed by atoms with Crippen LogP contribution in [0.25, 0.3) is 11.1 Å². The van der Waals surface area contributed by atoms with Crippen molar-refractivity contribution in [3.8, 4) is 57.1 Å². The van der Waals surface area contributed by atoms with Crippen LogP contribution in [0.3, 0.4) is 0 Å². The van der Waals surface area contributed by atoms with Crippen molar-refractivity contribution in [3.63, 3.8) is 0 Å². The number of nitrogens with one attached hydrogen (secondary N) is 7. The third-order valence-corrected chi connectivity index (χ3v) is 17.3. The second-order valence-electron chi connectivity index (χ2n) is 27.3. The molecule has 0 aromatic heterocycles. The topological polar surface area (TPSA) is 495 Å². The van der Waals surface area contributed by atoms with E-state index in [9.17, 15) is 65.1 Å². The fourth-order valence-electron chi connectivity index (χ4n) is 11.7. The highest BCUT2D eigenvalue weighted by atomic mass is 35.5. The average Bonchev–Trinajstić information content (AvgIpc) is 0.767. The zero-order valence-electron chi connectivity index (χ0n) is 56.3. The number of likely N-dealkylation sites (N-methyl/N-ethyl adjacent to an activating group) is 1. The van der Waals surface area contributed by atoms with E-state index < -0.39 is 218 Å². The van der Waals surface area contributed by atoms with Gasteiger partial charge in [0.15, 0.2) is 11.5 Å². The fraction of sp³-hybridized carbons (Fsp3) is 0.426. The number of aliphatic hydroxyl groups is 6. The highest BCUT2D eigenvalue weighted by molar-refractivity contribution is 6.32. The Bertz CT molecular complexity index is 4130. The SMILES string of the molecule is CC(C)C[C@H](C(=O)N[C@H]1C(=O)N[C@@H](CC(N)=O)C(=O)N[C@H]2C(=O)N[C@H]3C(=O)N[C@H](C(=O)N[C@H](C(=O)NC(C)(C)C)c4cc(O)cc(O)c4-c4cc3ccc4O)[C@H](O)c3ccc(c(Cl)c3)Oc3cc2cc(c3O[C@@H]2O[C@H](CO)[C@@H](O)[C@H](O)[C@H]2O)Oc2ccc(cc2Cl)[C@H]1O)N(C)C(=O)OC(C)(C)C. The minimum atomic E-state index is -2.35. The van der Waals surface area contributed by atoms with E-state index in [0.717, 1.165) is 71.6 Å². The number of nitrogens with zero attached hydrogens (tertiary/aromatic N) is 1. The largest absolute Gasteiger partial charge is 0.508 e. The number of carbonyl (C=O) groups excluding carboxylic acids is 9. The molecule has 0 spiro atoms. The van der Waals surface area contributed by atoms with E-state index in [0.29, 0.717) is 0 Å². The maximum absolute atomic E-state index is 16.0.